The van der Waals surface area contributed by atoms with Crippen molar-refractivity contribution in [1.82, 2.24) is 5.32 Å². The highest BCUT2D eigenvalue weighted by Gasteiger charge is 2.33. The SMILES string of the molecule is CCCNC(CC1Cc2ccccc21)C1CCC(C)C1. The summed E-state index contributed by atoms with van der Waals surface area (Å²) in [5, 5.41) is 3.86. The van der Waals surface area contributed by atoms with Gasteiger partial charge in [-0.15, -0.1) is 0 Å². The monoisotopic (exact) mass is 271 g/mol. The summed E-state index contributed by atoms with van der Waals surface area (Å²) in [6, 6.07) is 9.78. The lowest BCUT2D eigenvalue weighted by molar-refractivity contribution is 0.306. The predicted octanol–water partition coefficient (Wildman–Crippen LogP) is 4.52. The molecule has 110 valence electrons. The number of fused-ring (bicyclic) bond motifs is 1. The summed E-state index contributed by atoms with van der Waals surface area (Å²) in [4.78, 5) is 0. The van der Waals surface area contributed by atoms with Crippen molar-refractivity contribution in [3.8, 4) is 0 Å². The third-order valence-electron chi connectivity index (χ3n) is 5.46. The highest BCUT2D eigenvalue weighted by Crippen LogP contribution is 2.41. The lowest BCUT2D eigenvalue weighted by atomic mass is 9.73. The van der Waals surface area contributed by atoms with Crippen LogP contribution in [-0.2, 0) is 6.42 Å². The highest BCUT2D eigenvalue weighted by molar-refractivity contribution is 5.39. The Morgan fingerprint density at radius 1 is 1.25 bits per heavy atom. The quantitative estimate of drug-likeness (QED) is 0.802. The predicted molar refractivity (Wildman–Crippen MR) is 86.1 cm³/mol. The second-order valence-corrected chi connectivity index (χ2v) is 7.07. The fourth-order valence-electron chi connectivity index (χ4n) is 4.27. The summed E-state index contributed by atoms with van der Waals surface area (Å²) in [7, 11) is 0. The molecule has 0 radical (unpaired) electrons. The van der Waals surface area contributed by atoms with Crippen LogP contribution >= 0.6 is 0 Å². The molecule has 0 heterocycles. The van der Waals surface area contributed by atoms with Crippen LogP contribution in [0.2, 0.25) is 0 Å². The van der Waals surface area contributed by atoms with Crippen LogP contribution in [0.1, 0.15) is 63.0 Å². The second-order valence-electron chi connectivity index (χ2n) is 7.07. The van der Waals surface area contributed by atoms with Crippen molar-refractivity contribution < 1.29 is 0 Å². The number of hydrogen-bond donors (Lipinski definition) is 1. The van der Waals surface area contributed by atoms with Crippen LogP contribution in [0.4, 0.5) is 0 Å². The number of benzene rings is 1. The third-order valence-corrected chi connectivity index (χ3v) is 5.46. The first kappa shape index (κ1) is 14.1. The Balaban J connectivity index is 1.62. The molecule has 2 aliphatic rings. The summed E-state index contributed by atoms with van der Waals surface area (Å²) in [5.74, 6) is 2.68. The fraction of sp³-hybridized carbons (Fsp3) is 0.684. The highest BCUT2D eigenvalue weighted by atomic mass is 14.9. The van der Waals surface area contributed by atoms with Gasteiger partial charge in [0.25, 0.3) is 0 Å². The molecule has 4 atom stereocenters. The molecule has 2 aliphatic carbocycles. The first-order valence-corrected chi connectivity index (χ1v) is 8.59. The zero-order valence-corrected chi connectivity index (χ0v) is 13.1. The Labute approximate surface area is 124 Å². The molecule has 1 nitrogen and oxygen atoms in total. The van der Waals surface area contributed by atoms with Crippen LogP contribution in [0.15, 0.2) is 24.3 Å². The average Bonchev–Trinajstić information content (AvgIpc) is 2.86. The van der Waals surface area contributed by atoms with E-state index in [-0.39, 0.29) is 0 Å². The van der Waals surface area contributed by atoms with E-state index in [0.29, 0.717) is 0 Å². The van der Waals surface area contributed by atoms with Gasteiger partial charge in [-0.3, -0.25) is 0 Å². The van der Waals surface area contributed by atoms with E-state index >= 15 is 0 Å². The normalized spacial score (nSPS) is 29.8. The number of rotatable bonds is 6. The average molecular weight is 271 g/mol. The maximum atomic E-state index is 3.86. The maximum Gasteiger partial charge on any atom is 0.0101 e. The van der Waals surface area contributed by atoms with Gasteiger partial charge in [-0.05, 0) is 67.5 Å². The van der Waals surface area contributed by atoms with Crippen LogP contribution in [0.5, 0.6) is 0 Å². The van der Waals surface area contributed by atoms with Crippen molar-refractivity contribution in [2.75, 3.05) is 6.54 Å². The van der Waals surface area contributed by atoms with E-state index in [9.17, 15) is 0 Å². The van der Waals surface area contributed by atoms with E-state index in [0.717, 1.165) is 23.8 Å². The van der Waals surface area contributed by atoms with Crippen molar-refractivity contribution in [2.24, 2.45) is 11.8 Å². The first-order chi connectivity index (χ1) is 9.78. The van der Waals surface area contributed by atoms with Gasteiger partial charge in [0.1, 0.15) is 0 Å². The van der Waals surface area contributed by atoms with Crippen LogP contribution < -0.4 is 5.32 Å². The van der Waals surface area contributed by atoms with E-state index < -0.39 is 0 Å². The van der Waals surface area contributed by atoms with Gasteiger partial charge >= 0.3 is 0 Å². The second kappa shape index (κ2) is 6.30. The van der Waals surface area contributed by atoms with E-state index in [1.165, 1.54) is 45.1 Å². The number of nitrogens with one attached hydrogen (secondary N) is 1. The van der Waals surface area contributed by atoms with Crippen molar-refractivity contribution in [3.63, 3.8) is 0 Å². The molecule has 0 spiro atoms. The first-order valence-electron chi connectivity index (χ1n) is 8.59. The Morgan fingerprint density at radius 3 is 2.80 bits per heavy atom. The molecule has 1 N–H and O–H groups in total. The largest absolute Gasteiger partial charge is 0.314 e. The zero-order valence-electron chi connectivity index (χ0n) is 13.1. The minimum atomic E-state index is 0.748. The minimum absolute atomic E-state index is 0.748. The van der Waals surface area contributed by atoms with E-state index in [1.807, 2.05) is 0 Å². The molecular weight excluding hydrogens is 242 g/mol. The van der Waals surface area contributed by atoms with Gasteiger partial charge in [-0.25, -0.2) is 0 Å². The van der Waals surface area contributed by atoms with Gasteiger partial charge in [-0.2, -0.15) is 0 Å². The molecule has 1 fully saturated rings. The van der Waals surface area contributed by atoms with Crippen LogP contribution in [0, 0.1) is 11.8 Å². The molecule has 1 heteroatoms. The lowest BCUT2D eigenvalue weighted by Crippen LogP contribution is -2.38. The Kier molecular flexibility index (Phi) is 4.45. The summed E-state index contributed by atoms with van der Waals surface area (Å²) in [6.45, 7) is 5.89. The summed E-state index contributed by atoms with van der Waals surface area (Å²) in [6.07, 6.45) is 8.24. The third kappa shape index (κ3) is 2.93. The van der Waals surface area contributed by atoms with Crippen molar-refractivity contribution in [3.05, 3.63) is 35.4 Å². The molecule has 4 unspecified atom stereocenters. The van der Waals surface area contributed by atoms with Gasteiger partial charge in [-0.1, -0.05) is 44.5 Å². The number of hydrogen-bond acceptors (Lipinski definition) is 1. The van der Waals surface area contributed by atoms with E-state index in [1.54, 1.807) is 11.1 Å². The molecule has 0 aliphatic heterocycles. The molecule has 1 aromatic rings. The van der Waals surface area contributed by atoms with Crippen LogP contribution in [-0.4, -0.2) is 12.6 Å². The molecule has 0 aromatic heterocycles. The van der Waals surface area contributed by atoms with Crippen molar-refractivity contribution >= 4 is 0 Å². The fourth-order valence-corrected chi connectivity index (χ4v) is 4.27. The molecule has 0 saturated heterocycles. The zero-order chi connectivity index (χ0) is 13.9. The molecular formula is C19H29N. The topological polar surface area (TPSA) is 12.0 Å². The smallest absolute Gasteiger partial charge is 0.0101 e. The Hall–Kier alpha value is -0.820. The summed E-state index contributed by atoms with van der Waals surface area (Å²) < 4.78 is 0. The van der Waals surface area contributed by atoms with Gasteiger partial charge in [0.05, 0.1) is 0 Å². The molecule has 3 rings (SSSR count). The standard InChI is InChI=1S/C19H29N/c1-3-10-20-19(16-9-8-14(2)11-16)13-17-12-15-6-4-5-7-18(15)17/h4-7,14,16-17,19-20H,3,8-13H2,1-2H3. The van der Waals surface area contributed by atoms with Gasteiger partial charge < -0.3 is 5.32 Å². The van der Waals surface area contributed by atoms with Gasteiger partial charge in [0, 0.05) is 6.04 Å². The summed E-state index contributed by atoms with van der Waals surface area (Å²) >= 11 is 0. The van der Waals surface area contributed by atoms with Crippen LogP contribution in [0.25, 0.3) is 0 Å². The molecule has 0 bridgehead atoms. The van der Waals surface area contributed by atoms with Gasteiger partial charge in [0.15, 0.2) is 0 Å². The summed E-state index contributed by atoms with van der Waals surface area (Å²) in [5.41, 5.74) is 3.22. The Bertz CT molecular complexity index is 439. The maximum absolute atomic E-state index is 3.86. The minimum Gasteiger partial charge on any atom is -0.314 e. The Morgan fingerprint density at radius 2 is 2.10 bits per heavy atom. The molecule has 1 saturated carbocycles. The van der Waals surface area contributed by atoms with E-state index in [2.05, 4.69) is 43.4 Å². The van der Waals surface area contributed by atoms with E-state index in [4.69, 9.17) is 0 Å². The molecule has 0 amide bonds. The van der Waals surface area contributed by atoms with Crippen LogP contribution in [0.3, 0.4) is 0 Å². The lowest BCUT2D eigenvalue weighted by Gasteiger charge is -2.35. The van der Waals surface area contributed by atoms with Crippen molar-refractivity contribution in [1.29, 1.82) is 0 Å². The van der Waals surface area contributed by atoms with Crippen molar-refractivity contribution in [2.45, 2.75) is 64.3 Å². The molecule has 20 heavy (non-hydrogen) atoms. The van der Waals surface area contributed by atoms with Gasteiger partial charge in [0.2, 0.25) is 0 Å². The molecule has 1 aromatic carbocycles.